The second-order valence-corrected chi connectivity index (χ2v) is 5.01. The minimum absolute atomic E-state index is 0.877. The molecule has 2 rings (SSSR count). The van der Waals surface area contributed by atoms with Crippen LogP contribution in [0.4, 0.5) is 0 Å². The summed E-state index contributed by atoms with van der Waals surface area (Å²) in [4.78, 5) is 9.58. The maximum Gasteiger partial charge on any atom is 0.107 e. The van der Waals surface area contributed by atoms with Crippen LogP contribution >= 0.6 is 11.3 Å². The van der Waals surface area contributed by atoms with Crippen LogP contribution in [0.3, 0.4) is 0 Å². The number of nitrogens with zero attached hydrogens (tertiary/aromatic N) is 3. The number of aryl methyl sites for hydroxylation is 2. The Morgan fingerprint density at radius 3 is 3.12 bits per heavy atom. The lowest BCUT2D eigenvalue weighted by Crippen LogP contribution is -2.16. The number of nitrogens with one attached hydrogen (secondary N) is 1. The molecule has 0 radical (unpaired) electrons. The zero-order valence-electron chi connectivity index (χ0n) is 9.39. The Morgan fingerprint density at radius 1 is 1.50 bits per heavy atom. The Morgan fingerprint density at radius 2 is 2.44 bits per heavy atom. The van der Waals surface area contributed by atoms with Crippen LogP contribution in [0.1, 0.15) is 16.3 Å². The van der Waals surface area contributed by atoms with Gasteiger partial charge in [-0.1, -0.05) is 0 Å². The summed E-state index contributed by atoms with van der Waals surface area (Å²) in [6.45, 7) is 4.99. The van der Waals surface area contributed by atoms with Crippen molar-refractivity contribution in [1.82, 2.24) is 19.9 Å². The Labute approximate surface area is 99.4 Å². The van der Waals surface area contributed by atoms with Crippen LogP contribution in [0.25, 0.3) is 0 Å². The average molecular weight is 236 g/mol. The van der Waals surface area contributed by atoms with E-state index in [0.29, 0.717) is 0 Å². The Bertz CT molecular complexity index is 407. The van der Waals surface area contributed by atoms with Gasteiger partial charge < -0.3 is 9.88 Å². The standard InChI is InChI=1S/C11H16N4S/c1-10-7-14-11(16-10)8-12-3-2-5-15-6-4-13-9-15/h4,6-7,9,12H,2-3,5,8H2,1H3. The first-order valence-electron chi connectivity index (χ1n) is 5.42. The van der Waals surface area contributed by atoms with Crippen LogP contribution in [0.2, 0.25) is 0 Å². The molecule has 0 aliphatic carbocycles. The van der Waals surface area contributed by atoms with E-state index >= 15 is 0 Å². The fraction of sp³-hybridized carbons (Fsp3) is 0.455. The number of thiazole rings is 1. The van der Waals surface area contributed by atoms with Crippen molar-refractivity contribution in [3.63, 3.8) is 0 Å². The molecule has 0 atom stereocenters. The van der Waals surface area contributed by atoms with Gasteiger partial charge in [0.2, 0.25) is 0 Å². The molecule has 2 aromatic heterocycles. The summed E-state index contributed by atoms with van der Waals surface area (Å²) in [5.74, 6) is 0. The molecule has 1 N–H and O–H groups in total. The van der Waals surface area contributed by atoms with E-state index < -0.39 is 0 Å². The number of rotatable bonds is 6. The van der Waals surface area contributed by atoms with E-state index in [-0.39, 0.29) is 0 Å². The van der Waals surface area contributed by atoms with E-state index in [1.54, 1.807) is 11.3 Å². The van der Waals surface area contributed by atoms with E-state index in [2.05, 4.69) is 26.8 Å². The highest BCUT2D eigenvalue weighted by atomic mass is 32.1. The Balaban J connectivity index is 1.59. The molecule has 0 saturated carbocycles. The zero-order valence-corrected chi connectivity index (χ0v) is 10.2. The van der Waals surface area contributed by atoms with Crippen molar-refractivity contribution in [3.8, 4) is 0 Å². The van der Waals surface area contributed by atoms with Crippen molar-refractivity contribution in [3.05, 3.63) is 34.8 Å². The van der Waals surface area contributed by atoms with Crippen molar-refractivity contribution in [2.75, 3.05) is 6.54 Å². The largest absolute Gasteiger partial charge is 0.337 e. The highest BCUT2D eigenvalue weighted by molar-refractivity contribution is 7.11. The summed E-state index contributed by atoms with van der Waals surface area (Å²) in [7, 11) is 0. The van der Waals surface area contributed by atoms with Crippen LogP contribution in [-0.4, -0.2) is 21.1 Å². The molecule has 0 aliphatic rings. The molecule has 5 heteroatoms. The van der Waals surface area contributed by atoms with Crippen molar-refractivity contribution >= 4 is 11.3 Å². The molecule has 0 amide bonds. The van der Waals surface area contributed by atoms with Gasteiger partial charge in [0.1, 0.15) is 5.01 Å². The van der Waals surface area contributed by atoms with Crippen LogP contribution in [-0.2, 0) is 13.1 Å². The first-order chi connectivity index (χ1) is 7.84. The summed E-state index contributed by atoms with van der Waals surface area (Å²) in [6, 6.07) is 0. The van der Waals surface area contributed by atoms with E-state index in [1.165, 1.54) is 9.88 Å². The quantitative estimate of drug-likeness (QED) is 0.778. The van der Waals surface area contributed by atoms with Crippen LogP contribution in [0.15, 0.2) is 24.9 Å². The SMILES string of the molecule is Cc1cnc(CNCCCn2ccnc2)s1. The average Bonchev–Trinajstić information content (AvgIpc) is 2.89. The predicted octanol–water partition coefficient (Wildman–Crippen LogP) is 1.83. The topological polar surface area (TPSA) is 42.7 Å². The van der Waals surface area contributed by atoms with Gasteiger partial charge in [0.05, 0.1) is 6.33 Å². The molecule has 0 spiro atoms. The third kappa shape index (κ3) is 3.43. The molecular formula is C11H16N4S. The molecule has 2 heterocycles. The molecule has 0 aliphatic heterocycles. The molecule has 0 saturated heterocycles. The van der Waals surface area contributed by atoms with Crippen LogP contribution < -0.4 is 5.32 Å². The van der Waals surface area contributed by atoms with Crippen molar-refractivity contribution in [1.29, 1.82) is 0 Å². The fourth-order valence-corrected chi connectivity index (χ4v) is 2.24. The predicted molar refractivity (Wildman–Crippen MR) is 65.4 cm³/mol. The highest BCUT2D eigenvalue weighted by Gasteiger charge is 1.97. The first kappa shape index (κ1) is 11.3. The van der Waals surface area contributed by atoms with Gasteiger partial charge in [-0.15, -0.1) is 11.3 Å². The normalized spacial score (nSPS) is 10.8. The number of hydrogen-bond acceptors (Lipinski definition) is 4. The lowest BCUT2D eigenvalue weighted by molar-refractivity contribution is 0.580. The minimum Gasteiger partial charge on any atom is -0.337 e. The molecule has 0 aromatic carbocycles. The molecule has 2 aromatic rings. The minimum atomic E-state index is 0.877. The van der Waals surface area contributed by atoms with E-state index in [9.17, 15) is 0 Å². The smallest absolute Gasteiger partial charge is 0.107 e. The second kappa shape index (κ2) is 5.77. The second-order valence-electron chi connectivity index (χ2n) is 3.70. The molecule has 86 valence electrons. The van der Waals surface area contributed by atoms with Gasteiger partial charge in [0, 0.05) is 36.6 Å². The fourth-order valence-electron chi connectivity index (χ4n) is 1.48. The summed E-state index contributed by atoms with van der Waals surface area (Å²) in [5, 5.41) is 4.56. The van der Waals surface area contributed by atoms with Gasteiger partial charge in [0.15, 0.2) is 0 Å². The van der Waals surface area contributed by atoms with Gasteiger partial charge >= 0.3 is 0 Å². The number of imidazole rings is 1. The third-order valence-corrected chi connectivity index (χ3v) is 3.19. The monoisotopic (exact) mass is 236 g/mol. The zero-order chi connectivity index (χ0) is 11.2. The Hall–Kier alpha value is -1.20. The third-order valence-electron chi connectivity index (χ3n) is 2.27. The molecule has 4 nitrogen and oxygen atoms in total. The van der Waals surface area contributed by atoms with Gasteiger partial charge in [-0.25, -0.2) is 9.97 Å². The van der Waals surface area contributed by atoms with Crippen LogP contribution in [0, 0.1) is 6.92 Å². The maximum absolute atomic E-state index is 4.30. The maximum atomic E-state index is 4.30. The van der Waals surface area contributed by atoms with Gasteiger partial charge in [0.25, 0.3) is 0 Å². The number of aromatic nitrogens is 3. The molecule has 0 unspecified atom stereocenters. The van der Waals surface area contributed by atoms with Crippen molar-refractivity contribution < 1.29 is 0 Å². The van der Waals surface area contributed by atoms with Gasteiger partial charge in [-0.3, -0.25) is 0 Å². The van der Waals surface area contributed by atoms with E-state index in [4.69, 9.17) is 0 Å². The van der Waals surface area contributed by atoms with E-state index in [1.807, 2.05) is 24.9 Å². The highest BCUT2D eigenvalue weighted by Crippen LogP contribution is 2.10. The van der Waals surface area contributed by atoms with Crippen molar-refractivity contribution in [2.45, 2.75) is 26.4 Å². The Kier molecular flexibility index (Phi) is 4.07. The molecule has 0 bridgehead atoms. The summed E-state index contributed by atoms with van der Waals surface area (Å²) in [5.41, 5.74) is 0. The van der Waals surface area contributed by atoms with Crippen molar-refractivity contribution in [2.24, 2.45) is 0 Å². The molecule has 0 fully saturated rings. The van der Waals surface area contributed by atoms with Crippen LogP contribution in [0.5, 0.6) is 0 Å². The van der Waals surface area contributed by atoms with E-state index in [0.717, 1.165) is 26.1 Å². The number of hydrogen-bond donors (Lipinski definition) is 1. The first-order valence-corrected chi connectivity index (χ1v) is 6.24. The molecular weight excluding hydrogens is 220 g/mol. The summed E-state index contributed by atoms with van der Waals surface area (Å²) in [6.07, 6.45) is 8.69. The molecule has 16 heavy (non-hydrogen) atoms. The summed E-state index contributed by atoms with van der Waals surface area (Å²) >= 11 is 1.75. The summed E-state index contributed by atoms with van der Waals surface area (Å²) < 4.78 is 2.09. The van der Waals surface area contributed by atoms with Gasteiger partial charge in [-0.2, -0.15) is 0 Å². The lowest BCUT2D eigenvalue weighted by Gasteiger charge is -2.03. The van der Waals surface area contributed by atoms with Gasteiger partial charge in [-0.05, 0) is 19.9 Å². The lowest BCUT2D eigenvalue weighted by atomic mass is 10.4.